The van der Waals surface area contributed by atoms with Crippen LogP contribution in [0.4, 0.5) is 0 Å². The minimum Gasteiger partial charge on any atom is -0.387 e. The molecule has 4 atom stereocenters. The molecule has 12 nitrogen and oxygen atoms in total. The fourth-order valence-electron chi connectivity index (χ4n) is 1.76. The van der Waals surface area contributed by atoms with Gasteiger partial charge in [0.2, 0.25) is 5.82 Å². The van der Waals surface area contributed by atoms with Crippen molar-refractivity contribution in [2.75, 3.05) is 6.61 Å². The molecule has 1 amide bonds. The summed E-state index contributed by atoms with van der Waals surface area (Å²) in [4.78, 5) is 14.5. The van der Waals surface area contributed by atoms with E-state index in [9.17, 15) is 23.4 Å². The fraction of sp³-hybridized carbons (Fsp3) is 0.625. The predicted molar refractivity (Wildman–Crippen MR) is 63.5 cm³/mol. The molecular weight excluding hydrogens is 310 g/mol. The van der Waals surface area contributed by atoms with E-state index in [1.807, 2.05) is 0 Å². The normalized spacial score (nSPS) is 29.7. The predicted octanol–water partition coefficient (Wildman–Crippen LogP) is -3.78. The van der Waals surface area contributed by atoms with Gasteiger partial charge in [-0.15, -0.1) is 5.10 Å². The molecule has 1 saturated heterocycles. The highest BCUT2D eigenvalue weighted by Crippen LogP contribution is 2.29. The zero-order chi connectivity index (χ0) is 15.8. The van der Waals surface area contributed by atoms with Crippen LogP contribution in [0, 0.1) is 0 Å². The molecule has 2 rings (SSSR count). The summed E-state index contributed by atoms with van der Waals surface area (Å²) in [5.74, 6) is -1.18. The van der Waals surface area contributed by atoms with Gasteiger partial charge < -0.3 is 20.7 Å². The first-order valence-electron chi connectivity index (χ1n) is 5.59. The Labute approximate surface area is 118 Å². The van der Waals surface area contributed by atoms with Gasteiger partial charge in [-0.2, -0.15) is 8.42 Å². The molecule has 1 aromatic rings. The SMILES string of the molecule is NC(=O)c1ncn([C@@H]2O[C@H](COS(N)(=O)=O)[C@@H](O)[C@H]2O)n1. The number of rotatable bonds is 5. The number of carbonyl (C=O) groups is 1. The number of nitrogens with zero attached hydrogens (tertiary/aromatic N) is 3. The second kappa shape index (κ2) is 5.63. The van der Waals surface area contributed by atoms with Crippen LogP contribution in [0.1, 0.15) is 16.8 Å². The molecule has 0 bridgehead atoms. The van der Waals surface area contributed by atoms with Crippen molar-refractivity contribution in [2.45, 2.75) is 24.5 Å². The summed E-state index contributed by atoms with van der Waals surface area (Å²) in [5, 5.41) is 27.9. The van der Waals surface area contributed by atoms with Crippen molar-refractivity contribution in [3.8, 4) is 0 Å². The van der Waals surface area contributed by atoms with Crippen LogP contribution in [-0.4, -0.2) is 64.2 Å². The first-order valence-corrected chi connectivity index (χ1v) is 7.06. The minimum absolute atomic E-state index is 0.301. The zero-order valence-electron chi connectivity index (χ0n) is 10.4. The van der Waals surface area contributed by atoms with E-state index < -0.39 is 47.4 Å². The standard InChI is InChI=1S/C8H13N5O7S/c9-6(16)7-11-2-13(12-7)8-5(15)4(14)3(20-8)1-19-21(10,17)18/h2-5,8,14-15H,1H2,(H2,9,16)(H2,10,17,18)/t3-,4-,5-,8-/m1/s1. The number of nitrogens with two attached hydrogens (primary N) is 2. The van der Waals surface area contributed by atoms with Gasteiger partial charge in [0, 0.05) is 0 Å². The molecule has 118 valence electrons. The average Bonchev–Trinajstić information content (AvgIpc) is 2.94. The molecule has 0 unspecified atom stereocenters. The summed E-state index contributed by atoms with van der Waals surface area (Å²) < 4.78 is 31.9. The summed E-state index contributed by atoms with van der Waals surface area (Å²) in [6.45, 7) is -0.592. The lowest BCUT2D eigenvalue weighted by molar-refractivity contribution is -0.0550. The van der Waals surface area contributed by atoms with Gasteiger partial charge in [0.25, 0.3) is 5.91 Å². The van der Waals surface area contributed by atoms with Gasteiger partial charge in [0.15, 0.2) is 6.23 Å². The molecule has 0 aliphatic carbocycles. The van der Waals surface area contributed by atoms with Crippen molar-refractivity contribution in [3.63, 3.8) is 0 Å². The van der Waals surface area contributed by atoms with Crippen LogP contribution in [0.2, 0.25) is 0 Å². The Kier molecular flexibility index (Phi) is 4.22. The molecule has 0 saturated carbocycles. The van der Waals surface area contributed by atoms with Crippen molar-refractivity contribution in [1.29, 1.82) is 0 Å². The van der Waals surface area contributed by atoms with Gasteiger partial charge in [0.05, 0.1) is 6.61 Å². The van der Waals surface area contributed by atoms with Crippen molar-refractivity contribution >= 4 is 16.2 Å². The summed E-state index contributed by atoms with van der Waals surface area (Å²) in [5.41, 5.74) is 4.98. The molecule has 0 aromatic carbocycles. The molecule has 6 N–H and O–H groups in total. The van der Waals surface area contributed by atoms with Crippen LogP contribution in [0.25, 0.3) is 0 Å². The Balaban J connectivity index is 2.10. The molecule has 0 spiro atoms. The molecule has 1 aliphatic heterocycles. The monoisotopic (exact) mass is 323 g/mol. The maximum atomic E-state index is 10.9. The average molecular weight is 323 g/mol. The summed E-state index contributed by atoms with van der Waals surface area (Å²) in [6, 6.07) is 0. The quantitative estimate of drug-likeness (QED) is 0.420. The summed E-state index contributed by atoms with van der Waals surface area (Å²) >= 11 is 0. The minimum atomic E-state index is -4.21. The van der Waals surface area contributed by atoms with E-state index in [0.29, 0.717) is 0 Å². The maximum absolute atomic E-state index is 10.9. The number of amides is 1. The largest absolute Gasteiger partial charge is 0.387 e. The number of hydrogen-bond acceptors (Lipinski definition) is 9. The Morgan fingerprint density at radius 2 is 2.14 bits per heavy atom. The first-order chi connectivity index (χ1) is 9.69. The highest BCUT2D eigenvalue weighted by atomic mass is 32.2. The number of aliphatic hydroxyl groups excluding tert-OH is 2. The molecule has 21 heavy (non-hydrogen) atoms. The third-order valence-electron chi connectivity index (χ3n) is 2.72. The van der Waals surface area contributed by atoms with Gasteiger partial charge in [-0.05, 0) is 0 Å². The molecule has 1 aromatic heterocycles. The van der Waals surface area contributed by atoms with Gasteiger partial charge in [-0.25, -0.2) is 14.8 Å². The van der Waals surface area contributed by atoms with E-state index >= 15 is 0 Å². The Morgan fingerprint density at radius 3 is 2.67 bits per heavy atom. The van der Waals surface area contributed by atoms with Crippen LogP contribution in [0.5, 0.6) is 0 Å². The lowest BCUT2D eigenvalue weighted by Gasteiger charge is -2.13. The first kappa shape index (κ1) is 15.7. The lowest BCUT2D eigenvalue weighted by Crippen LogP contribution is -2.35. The third kappa shape index (κ3) is 3.52. The van der Waals surface area contributed by atoms with Crippen molar-refractivity contribution in [1.82, 2.24) is 14.8 Å². The second-order valence-electron chi connectivity index (χ2n) is 4.24. The van der Waals surface area contributed by atoms with E-state index in [1.54, 1.807) is 0 Å². The van der Waals surface area contributed by atoms with Crippen molar-refractivity contribution in [2.24, 2.45) is 10.9 Å². The Hall–Kier alpha value is -1.64. The number of aromatic nitrogens is 3. The number of primary amides is 1. The van der Waals surface area contributed by atoms with Gasteiger partial charge >= 0.3 is 10.3 Å². The molecular formula is C8H13N5O7S. The summed E-state index contributed by atoms with van der Waals surface area (Å²) in [7, 11) is -4.21. The fourth-order valence-corrected chi connectivity index (χ4v) is 2.08. The maximum Gasteiger partial charge on any atom is 0.333 e. The zero-order valence-corrected chi connectivity index (χ0v) is 11.3. The third-order valence-corrected chi connectivity index (χ3v) is 3.19. The van der Waals surface area contributed by atoms with E-state index in [1.165, 1.54) is 0 Å². The van der Waals surface area contributed by atoms with Crippen LogP contribution in [0.15, 0.2) is 6.33 Å². The molecule has 13 heteroatoms. The Bertz CT molecular complexity index is 631. The molecule has 1 aliphatic rings. The topological polar surface area (TPSA) is 193 Å². The van der Waals surface area contributed by atoms with Crippen molar-refractivity contribution in [3.05, 3.63) is 12.2 Å². The van der Waals surface area contributed by atoms with Crippen molar-refractivity contribution < 1.29 is 32.3 Å². The highest BCUT2D eigenvalue weighted by Gasteiger charge is 2.44. The van der Waals surface area contributed by atoms with E-state index in [-0.39, 0.29) is 5.82 Å². The van der Waals surface area contributed by atoms with Crippen LogP contribution in [0.3, 0.4) is 0 Å². The van der Waals surface area contributed by atoms with Gasteiger partial charge in [-0.3, -0.25) is 8.98 Å². The van der Waals surface area contributed by atoms with E-state index in [2.05, 4.69) is 19.4 Å². The number of carbonyl (C=O) groups excluding carboxylic acids is 1. The summed E-state index contributed by atoms with van der Waals surface area (Å²) in [6.07, 6.45) is -4.16. The van der Waals surface area contributed by atoms with Crippen LogP contribution in [-0.2, 0) is 19.2 Å². The van der Waals surface area contributed by atoms with E-state index in [0.717, 1.165) is 11.0 Å². The van der Waals surface area contributed by atoms with Crippen LogP contribution < -0.4 is 10.9 Å². The van der Waals surface area contributed by atoms with Gasteiger partial charge in [0.1, 0.15) is 24.6 Å². The number of hydrogen-bond donors (Lipinski definition) is 4. The van der Waals surface area contributed by atoms with E-state index in [4.69, 9.17) is 10.5 Å². The van der Waals surface area contributed by atoms with Gasteiger partial charge in [-0.1, -0.05) is 0 Å². The second-order valence-corrected chi connectivity index (χ2v) is 5.46. The number of ether oxygens (including phenoxy) is 1. The number of aliphatic hydroxyl groups is 2. The molecule has 2 heterocycles. The highest BCUT2D eigenvalue weighted by molar-refractivity contribution is 7.84. The molecule has 1 fully saturated rings. The molecule has 0 radical (unpaired) electrons. The smallest absolute Gasteiger partial charge is 0.333 e. The lowest BCUT2D eigenvalue weighted by atomic mass is 10.1. The van der Waals surface area contributed by atoms with Crippen LogP contribution >= 0.6 is 0 Å². The Morgan fingerprint density at radius 1 is 1.48 bits per heavy atom.